The lowest BCUT2D eigenvalue weighted by molar-refractivity contribution is -0.0128. The zero-order chi connectivity index (χ0) is 19.9. The van der Waals surface area contributed by atoms with E-state index in [1.807, 2.05) is 6.08 Å². The summed E-state index contributed by atoms with van der Waals surface area (Å²) in [6.07, 6.45) is 6.23. The second-order valence-corrected chi connectivity index (χ2v) is 9.61. The van der Waals surface area contributed by atoms with Crippen molar-refractivity contribution in [1.29, 1.82) is 0 Å². The van der Waals surface area contributed by atoms with Crippen molar-refractivity contribution in [3.63, 3.8) is 0 Å². The number of hydrogen-bond donors (Lipinski definition) is 0. The lowest BCUT2D eigenvalue weighted by Gasteiger charge is -2.54. The Morgan fingerprint density at radius 2 is 1.79 bits per heavy atom. The second-order valence-electron chi connectivity index (χ2n) is 9.61. The van der Waals surface area contributed by atoms with Crippen molar-refractivity contribution in [2.24, 2.45) is 4.99 Å². The Balaban J connectivity index is 1.35. The quantitative estimate of drug-likeness (QED) is 0.787. The zero-order valence-corrected chi connectivity index (χ0v) is 17.8. The van der Waals surface area contributed by atoms with Gasteiger partial charge in [-0.2, -0.15) is 0 Å². The highest BCUT2D eigenvalue weighted by Crippen LogP contribution is 2.44. The van der Waals surface area contributed by atoms with E-state index in [1.165, 1.54) is 18.4 Å². The van der Waals surface area contributed by atoms with Crippen LogP contribution < -0.4 is 4.74 Å². The predicted molar refractivity (Wildman–Crippen MR) is 113 cm³/mol. The van der Waals surface area contributed by atoms with Crippen LogP contribution in [0.15, 0.2) is 41.5 Å². The van der Waals surface area contributed by atoms with Gasteiger partial charge in [0, 0.05) is 23.8 Å². The molecule has 3 aliphatic rings. The fourth-order valence-electron chi connectivity index (χ4n) is 4.86. The van der Waals surface area contributed by atoms with Gasteiger partial charge >= 0.3 is 0 Å². The van der Waals surface area contributed by atoms with Crippen LogP contribution in [0.4, 0.5) is 0 Å². The molecule has 1 aromatic carbocycles. The fraction of sp³-hybridized carbons (Fsp3) is 0.609. The number of fused-ring (bicyclic) bond motifs is 1. The first-order valence-electron chi connectivity index (χ1n) is 10.4. The average molecular weight is 384 g/mol. The molecule has 28 heavy (non-hydrogen) atoms. The monoisotopic (exact) mass is 383 g/mol. The smallest absolute Gasteiger partial charge is 0.292 e. The summed E-state index contributed by atoms with van der Waals surface area (Å²) < 4.78 is 11.9. The maximum Gasteiger partial charge on any atom is 0.292 e. The highest BCUT2D eigenvalue weighted by Gasteiger charge is 2.43. The minimum atomic E-state index is 0.0359. The van der Waals surface area contributed by atoms with Crippen LogP contribution in [-0.4, -0.2) is 59.7 Å². The van der Waals surface area contributed by atoms with E-state index < -0.39 is 0 Å². The molecule has 0 radical (unpaired) electrons. The van der Waals surface area contributed by atoms with Crippen LogP contribution in [0.25, 0.3) is 0 Å². The highest BCUT2D eigenvalue weighted by molar-refractivity contribution is 5.77. The third kappa shape index (κ3) is 3.77. The molecule has 0 N–H and O–H groups in total. The third-order valence-electron chi connectivity index (χ3n) is 6.68. The normalized spacial score (nSPS) is 26.5. The number of ether oxygens (including phenoxy) is 2. The molecule has 0 aromatic heterocycles. The Labute approximate surface area is 169 Å². The van der Waals surface area contributed by atoms with Crippen LogP contribution in [0.1, 0.15) is 52.0 Å². The van der Waals surface area contributed by atoms with Gasteiger partial charge in [0.05, 0.1) is 6.54 Å². The van der Waals surface area contributed by atoms with Crippen LogP contribution in [-0.2, 0) is 4.74 Å². The van der Waals surface area contributed by atoms with E-state index in [9.17, 15) is 0 Å². The lowest BCUT2D eigenvalue weighted by atomic mass is 9.72. The molecule has 2 fully saturated rings. The number of nitrogens with zero attached hydrogens (tertiary/aromatic N) is 3. The molecular weight excluding hydrogens is 350 g/mol. The molecule has 0 spiro atoms. The number of benzene rings is 1. The molecule has 5 nitrogen and oxygen atoms in total. The number of piperidine rings is 1. The number of hydrogen-bond acceptors (Lipinski definition) is 5. The molecule has 0 bridgehead atoms. The first-order chi connectivity index (χ1) is 13.2. The SMILES string of the molecule is CN1C(C)(C)CC(c2ccc(OCC3CN4CC=CN=C4O3)cc2)CC1(C)C. The van der Waals surface area contributed by atoms with Crippen molar-refractivity contribution in [3.05, 3.63) is 42.1 Å². The topological polar surface area (TPSA) is 37.3 Å². The molecule has 0 amide bonds. The molecule has 5 heteroatoms. The summed E-state index contributed by atoms with van der Waals surface area (Å²) >= 11 is 0. The summed E-state index contributed by atoms with van der Waals surface area (Å²) in [4.78, 5) is 8.94. The van der Waals surface area contributed by atoms with Crippen LogP contribution in [0, 0.1) is 0 Å². The molecule has 0 saturated carbocycles. The Hall–Kier alpha value is -2.01. The maximum atomic E-state index is 6.00. The summed E-state index contributed by atoms with van der Waals surface area (Å²) in [5.41, 5.74) is 1.81. The van der Waals surface area contributed by atoms with Crippen LogP contribution >= 0.6 is 0 Å². The summed E-state index contributed by atoms with van der Waals surface area (Å²) in [7, 11) is 2.26. The van der Waals surface area contributed by atoms with E-state index in [0.717, 1.165) is 24.9 Å². The van der Waals surface area contributed by atoms with E-state index in [-0.39, 0.29) is 17.2 Å². The number of rotatable bonds is 4. The standard InChI is InChI=1S/C23H33N3O2/c1-22(2)13-18(14-23(3,4)25(22)5)17-7-9-19(10-8-17)27-16-20-15-26-12-6-11-24-21(26)28-20/h6-11,18,20H,12-16H2,1-5H3. The highest BCUT2D eigenvalue weighted by atomic mass is 16.6. The molecule has 1 aromatic rings. The lowest BCUT2D eigenvalue weighted by Crippen LogP contribution is -2.58. The Bertz CT molecular complexity index is 749. The predicted octanol–water partition coefficient (Wildman–Crippen LogP) is 4.02. The Kier molecular flexibility index (Phi) is 4.90. The maximum absolute atomic E-state index is 6.00. The fourth-order valence-corrected chi connectivity index (χ4v) is 4.86. The van der Waals surface area contributed by atoms with Crippen molar-refractivity contribution in [1.82, 2.24) is 9.80 Å². The summed E-state index contributed by atoms with van der Waals surface area (Å²) in [6.45, 7) is 11.7. The molecule has 3 aliphatic heterocycles. The Morgan fingerprint density at radius 3 is 2.43 bits per heavy atom. The molecule has 0 aliphatic carbocycles. The van der Waals surface area contributed by atoms with Gasteiger partial charge in [-0.1, -0.05) is 12.1 Å². The largest absolute Gasteiger partial charge is 0.490 e. The first kappa shape index (κ1) is 19.3. The van der Waals surface area contributed by atoms with Crippen LogP contribution in [0.5, 0.6) is 5.75 Å². The van der Waals surface area contributed by atoms with Crippen molar-refractivity contribution in [2.45, 2.75) is 63.6 Å². The van der Waals surface area contributed by atoms with Gasteiger partial charge in [-0.05, 0) is 77.3 Å². The molecule has 4 rings (SSSR count). The molecule has 1 unspecified atom stereocenters. The van der Waals surface area contributed by atoms with Crippen LogP contribution in [0.3, 0.4) is 0 Å². The van der Waals surface area contributed by atoms with Gasteiger partial charge in [-0.15, -0.1) is 0 Å². The van der Waals surface area contributed by atoms with E-state index in [4.69, 9.17) is 9.47 Å². The minimum absolute atomic E-state index is 0.0359. The van der Waals surface area contributed by atoms with Crippen molar-refractivity contribution in [3.8, 4) is 5.75 Å². The molecular formula is C23H33N3O2. The van der Waals surface area contributed by atoms with Gasteiger partial charge in [0.1, 0.15) is 12.4 Å². The second kappa shape index (κ2) is 7.11. The molecule has 2 saturated heterocycles. The number of amidine groups is 1. The van der Waals surface area contributed by atoms with Gasteiger partial charge in [0.2, 0.25) is 0 Å². The summed E-state index contributed by atoms with van der Waals surface area (Å²) in [5, 5.41) is 0. The number of aliphatic imine (C=N–C) groups is 1. The van der Waals surface area contributed by atoms with Crippen molar-refractivity contribution >= 4 is 6.02 Å². The van der Waals surface area contributed by atoms with Crippen molar-refractivity contribution in [2.75, 3.05) is 26.7 Å². The molecule has 1 atom stereocenters. The van der Waals surface area contributed by atoms with Crippen LogP contribution in [0.2, 0.25) is 0 Å². The first-order valence-corrected chi connectivity index (χ1v) is 10.4. The van der Waals surface area contributed by atoms with Crippen molar-refractivity contribution < 1.29 is 9.47 Å². The van der Waals surface area contributed by atoms with E-state index in [2.05, 4.69) is 73.8 Å². The average Bonchev–Trinajstić information content (AvgIpc) is 3.07. The molecule has 152 valence electrons. The van der Waals surface area contributed by atoms with Gasteiger partial charge in [0.15, 0.2) is 6.10 Å². The summed E-state index contributed by atoms with van der Waals surface area (Å²) in [5.74, 6) is 1.48. The van der Waals surface area contributed by atoms with E-state index in [1.54, 1.807) is 6.20 Å². The van der Waals surface area contributed by atoms with Gasteiger partial charge in [-0.3, -0.25) is 4.90 Å². The minimum Gasteiger partial charge on any atom is -0.490 e. The van der Waals surface area contributed by atoms with E-state index in [0.29, 0.717) is 12.5 Å². The van der Waals surface area contributed by atoms with Gasteiger partial charge in [-0.25, -0.2) is 4.99 Å². The Morgan fingerprint density at radius 1 is 1.11 bits per heavy atom. The van der Waals surface area contributed by atoms with E-state index >= 15 is 0 Å². The molecule has 3 heterocycles. The zero-order valence-electron chi connectivity index (χ0n) is 17.8. The number of likely N-dealkylation sites (tertiary alicyclic amines) is 1. The summed E-state index contributed by atoms with van der Waals surface area (Å²) in [6, 6.07) is 9.41. The third-order valence-corrected chi connectivity index (χ3v) is 6.68. The van der Waals surface area contributed by atoms with Gasteiger partial charge in [0.25, 0.3) is 6.02 Å². The van der Waals surface area contributed by atoms with Gasteiger partial charge < -0.3 is 14.4 Å².